The molecule has 24 heavy (non-hydrogen) atoms. The van der Waals surface area contributed by atoms with Gasteiger partial charge in [0.1, 0.15) is 5.01 Å². The van der Waals surface area contributed by atoms with Crippen LogP contribution in [0.25, 0.3) is 6.08 Å². The lowest BCUT2D eigenvalue weighted by atomic mass is 10.2. The van der Waals surface area contributed by atoms with Crippen molar-refractivity contribution in [3.05, 3.63) is 81.8 Å². The second kappa shape index (κ2) is 7.86. The number of hydrogen-bond acceptors (Lipinski definition) is 4. The molecule has 0 saturated carbocycles. The minimum atomic E-state index is -0.252. The van der Waals surface area contributed by atoms with Gasteiger partial charge in [-0.25, -0.2) is 0 Å². The van der Waals surface area contributed by atoms with E-state index in [9.17, 15) is 4.79 Å². The van der Waals surface area contributed by atoms with Gasteiger partial charge < -0.3 is 0 Å². The number of carbonyl (C=O) groups excluding carboxylic acids is 1. The number of benzene rings is 2. The number of nitrogens with zero attached hydrogens (tertiary/aromatic N) is 2. The van der Waals surface area contributed by atoms with Crippen molar-refractivity contribution in [2.75, 3.05) is 5.32 Å². The minimum Gasteiger partial charge on any atom is -0.297 e. The van der Waals surface area contributed by atoms with Crippen LogP contribution in [-0.2, 0) is 11.2 Å². The maximum atomic E-state index is 11.9. The molecule has 0 saturated heterocycles. The molecule has 3 rings (SSSR count). The lowest BCUT2D eigenvalue weighted by molar-refractivity contribution is -0.111. The molecule has 0 radical (unpaired) electrons. The van der Waals surface area contributed by atoms with Gasteiger partial charge in [0.2, 0.25) is 11.0 Å². The predicted octanol–water partition coefficient (Wildman–Crippen LogP) is 4.43. The number of amides is 1. The Morgan fingerprint density at radius 1 is 1.12 bits per heavy atom. The van der Waals surface area contributed by atoms with Crippen molar-refractivity contribution in [2.45, 2.75) is 6.42 Å². The van der Waals surface area contributed by atoms with Gasteiger partial charge in [-0.3, -0.25) is 10.1 Å². The van der Waals surface area contributed by atoms with Crippen molar-refractivity contribution in [1.82, 2.24) is 10.2 Å². The molecule has 0 aliphatic heterocycles. The third-order valence-corrected chi connectivity index (χ3v) is 4.24. The van der Waals surface area contributed by atoms with E-state index in [0.29, 0.717) is 16.6 Å². The molecule has 0 fully saturated rings. The molecule has 0 spiro atoms. The summed E-state index contributed by atoms with van der Waals surface area (Å²) in [5.74, 6) is -0.252. The van der Waals surface area contributed by atoms with Gasteiger partial charge in [0, 0.05) is 17.5 Å². The SMILES string of the molecule is O=C(/C=C/c1cccc(Cl)c1)Nc1nnc(Cc2ccccc2)s1. The number of carbonyl (C=O) groups is 1. The van der Waals surface area contributed by atoms with Crippen LogP contribution in [0.1, 0.15) is 16.1 Å². The molecule has 0 aliphatic rings. The summed E-state index contributed by atoms with van der Waals surface area (Å²) in [4.78, 5) is 11.9. The number of anilines is 1. The van der Waals surface area contributed by atoms with E-state index in [-0.39, 0.29) is 5.91 Å². The summed E-state index contributed by atoms with van der Waals surface area (Å²) in [6.07, 6.45) is 3.85. The van der Waals surface area contributed by atoms with Crippen LogP contribution in [0, 0.1) is 0 Å². The summed E-state index contributed by atoms with van der Waals surface area (Å²) < 4.78 is 0. The normalized spacial score (nSPS) is 10.9. The minimum absolute atomic E-state index is 0.252. The van der Waals surface area contributed by atoms with Crippen LogP contribution in [0.4, 0.5) is 5.13 Å². The Labute approximate surface area is 148 Å². The van der Waals surface area contributed by atoms with Crippen molar-refractivity contribution in [2.24, 2.45) is 0 Å². The number of rotatable bonds is 5. The fourth-order valence-corrected chi connectivity index (χ4v) is 3.05. The highest BCUT2D eigenvalue weighted by molar-refractivity contribution is 7.15. The highest BCUT2D eigenvalue weighted by Gasteiger charge is 2.07. The van der Waals surface area contributed by atoms with Crippen LogP contribution in [0.5, 0.6) is 0 Å². The molecular weight excluding hydrogens is 342 g/mol. The Kier molecular flexibility index (Phi) is 5.36. The maximum absolute atomic E-state index is 11.9. The number of nitrogens with one attached hydrogen (secondary N) is 1. The Morgan fingerprint density at radius 2 is 1.96 bits per heavy atom. The van der Waals surface area contributed by atoms with E-state index in [4.69, 9.17) is 11.6 Å². The zero-order chi connectivity index (χ0) is 16.8. The molecule has 1 aromatic heterocycles. The smallest absolute Gasteiger partial charge is 0.250 e. The summed E-state index contributed by atoms with van der Waals surface area (Å²) in [5.41, 5.74) is 2.02. The van der Waals surface area contributed by atoms with E-state index in [0.717, 1.165) is 16.1 Å². The van der Waals surface area contributed by atoms with E-state index in [2.05, 4.69) is 15.5 Å². The van der Waals surface area contributed by atoms with Crippen molar-refractivity contribution in [3.63, 3.8) is 0 Å². The zero-order valence-electron chi connectivity index (χ0n) is 12.6. The van der Waals surface area contributed by atoms with Crippen LogP contribution in [0.2, 0.25) is 5.02 Å². The molecule has 2 aromatic carbocycles. The molecule has 1 amide bonds. The molecular formula is C18H14ClN3OS. The van der Waals surface area contributed by atoms with Crippen LogP contribution in [-0.4, -0.2) is 16.1 Å². The Bertz CT molecular complexity index is 861. The largest absolute Gasteiger partial charge is 0.297 e. The van der Waals surface area contributed by atoms with Crippen molar-refractivity contribution in [1.29, 1.82) is 0 Å². The Balaban J connectivity index is 1.59. The third kappa shape index (κ3) is 4.75. The summed E-state index contributed by atoms with van der Waals surface area (Å²) in [6, 6.07) is 17.3. The van der Waals surface area contributed by atoms with Gasteiger partial charge in [-0.1, -0.05) is 65.4 Å². The van der Waals surface area contributed by atoms with Crippen LogP contribution in [0.3, 0.4) is 0 Å². The molecule has 6 heteroatoms. The molecule has 4 nitrogen and oxygen atoms in total. The first-order valence-electron chi connectivity index (χ1n) is 7.30. The standard InChI is InChI=1S/C18H14ClN3OS/c19-15-8-4-7-14(11-15)9-10-16(23)20-18-22-21-17(24-18)12-13-5-2-1-3-6-13/h1-11H,12H2,(H,20,22,23)/b10-9+. The predicted molar refractivity (Wildman–Crippen MR) is 98.3 cm³/mol. The van der Waals surface area contributed by atoms with Crippen molar-refractivity contribution in [3.8, 4) is 0 Å². The van der Waals surface area contributed by atoms with E-state index in [1.807, 2.05) is 42.5 Å². The van der Waals surface area contributed by atoms with Gasteiger partial charge in [-0.15, -0.1) is 10.2 Å². The molecule has 120 valence electrons. The fraction of sp³-hybridized carbons (Fsp3) is 0.0556. The van der Waals surface area contributed by atoms with Crippen LogP contribution >= 0.6 is 22.9 Å². The molecule has 0 unspecified atom stereocenters. The fourth-order valence-electron chi connectivity index (χ4n) is 2.08. The van der Waals surface area contributed by atoms with Gasteiger partial charge in [-0.2, -0.15) is 0 Å². The first kappa shape index (κ1) is 16.4. The summed E-state index contributed by atoms with van der Waals surface area (Å²) in [5, 5.41) is 12.8. The molecule has 0 bridgehead atoms. The van der Waals surface area contributed by atoms with Crippen molar-refractivity contribution >= 4 is 40.1 Å². The lowest BCUT2D eigenvalue weighted by Crippen LogP contribution is -2.07. The summed E-state index contributed by atoms with van der Waals surface area (Å²) in [7, 11) is 0. The van der Waals surface area contributed by atoms with E-state index < -0.39 is 0 Å². The topological polar surface area (TPSA) is 54.9 Å². The van der Waals surface area contributed by atoms with Gasteiger partial charge in [0.15, 0.2) is 0 Å². The first-order valence-corrected chi connectivity index (χ1v) is 8.49. The number of halogens is 1. The Morgan fingerprint density at radius 3 is 2.75 bits per heavy atom. The average Bonchev–Trinajstić information content (AvgIpc) is 3.01. The average molecular weight is 356 g/mol. The van der Waals surface area contributed by atoms with E-state index in [1.165, 1.54) is 17.4 Å². The quantitative estimate of drug-likeness (QED) is 0.688. The first-order chi connectivity index (χ1) is 11.7. The second-order valence-corrected chi connectivity index (χ2v) is 6.54. The summed E-state index contributed by atoms with van der Waals surface area (Å²) in [6.45, 7) is 0. The number of aromatic nitrogens is 2. The monoisotopic (exact) mass is 355 g/mol. The highest BCUT2D eigenvalue weighted by atomic mass is 35.5. The highest BCUT2D eigenvalue weighted by Crippen LogP contribution is 2.18. The van der Waals surface area contributed by atoms with Gasteiger partial charge in [0.25, 0.3) is 0 Å². The molecule has 0 aliphatic carbocycles. The molecule has 1 N–H and O–H groups in total. The summed E-state index contributed by atoms with van der Waals surface area (Å²) >= 11 is 7.28. The van der Waals surface area contributed by atoms with Crippen LogP contribution < -0.4 is 5.32 Å². The maximum Gasteiger partial charge on any atom is 0.250 e. The lowest BCUT2D eigenvalue weighted by Gasteiger charge is -1.96. The van der Waals surface area contributed by atoms with E-state index in [1.54, 1.807) is 18.2 Å². The zero-order valence-corrected chi connectivity index (χ0v) is 14.2. The Hall–Kier alpha value is -2.50. The van der Waals surface area contributed by atoms with Crippen molar-refractivity contribution < 1.29 is 4.79 Å². The van der Waals surface area contributed by atoms with Crippen LogP contribution in [0.15, 0.2) is 60.7 Å². The van der Waals surface area contributed by atoms with Gasteiger partial charge in [0.05, 0.1) is 0 Å². The van der Waals surface area contributed by atoms with Gasteiger partial charge in [-0.05, 0) is 29.3 Å². The molecule has 3 aromatic rings. The van der Waals surface area contributed by atoms with Gasteiger partial charge >= 0.3 is 0 Å². The van der Waals surface area contributed by atoms with E-state index >= 15 is 0 Å². The third-order valence-electron chi connectivity index (χ3n) is 3.17. The molecule has 0 atom stereocenters. The molecule has 1 heterocycles. The second-order valence-electron chi connectivity index (χ2n) is 5.04. The number of hydrogen-bond donors (Lipinski definition) is 1.